The van der Waals surface area contributed by atoms with Crippen LogP contribution in [0.2, 0.25) is 0 Å². The molecule has 0 unspecified atom stereocenters. The molecule has 0 saturated carbocycles. The predicted molar refractivity (Wildman–Crippen MR) is 175 cm³/mol. The molecule has 0 amide bonds. The molecule has 0 bridgehead atoms. The third-order valence-corrected chi connectivity index (χ3v) is 8.10. The van der Waals surface area contributed by atoms with Crippen molar-refractivity contribution < 1.29 is 0 Å². The highest BCUT2D eigenvalue weighted by Gasteiger charge is 2.38. The number of hydrogen-bond acceptors (Lipinski definition) is 3. The average Bonchev–Trinajstić information content (AvgIpc) is 3.57. The maximum Gasteiger partial charge on any atom is 0.209 e. The van der Waals surface area contributed by atoms with Gasteiger partial charge in [-0.3, -0.25) is 4.79 Å². The summed E-state index contributed by atoms with van der Waals surface area (Å²) in [5.74, 6) is 0. The Bertz CT molecular complexity index is 2000. The summed E-state index contributed by atoms with van der Waals surface area (Å²) < 4.78 is 3.54. The van der Waals surface area contributed by atoms with E-state index in [4.69, 9.17) is 5.10 Å². The summed E-state index contributed by atoms with van der Waals surface area (Å²) in [5.41, 5.74) is 7.60. The third kappa shape index (κ3) is 4.74. The highest BCUT2D eigenvalue weighted by molar-refractivity contribution is 5.62. The molecule has 0 aliphatic heterocycles. The first-order chi connectivity index (χ1) is 21.6. The summed E-state index contributed by atoms with van der Waals surface area (Å²) in [6.45, 7) is 2.04. The monoisotopic (exact) mass is 570 g/mol. The molecule has 7 aromatic rings. The van der Waals surface area contributed by atoms with Crippen molar-refractivity contribution in [2.24, 2.45) is 0 Å². The molecule has 0 radical (unpaired) electrons. The van der Waals surface area contributed by atoms with Gasteiger partial charge in [-0.15, -0.1) is 0 Å². The fourth-order valence-electron chi connectivity index (χ4n) is 6.12. The third-order valence-electron chi connectivity index (χ3n) is 8.10. The van der Waals surface area contributed by atoms with E-state index < -0.39 is 5.41 Å². The number of hydrogen-bond donors (Lipinski definition) is 0. The zero-order chi connectivity index (χ0) is 29.9. The van der Waals surface area contributed by atoms with Gasteiger partial charge in [-0.25, -0.2) is 9.36 Å². The Morgan fingerprint density at radius 3 is 1.75 bits per heavy atom. The smallest absolute Gasteiger partial charge is 0.209 e. The summed E-state index contributed by atoms with van der Waals surface area (Å²) in [4.78, 5) is 13.2. The molecule has 0 N–H and O–H groups in total. The van der Waals surface area contributed by atoms with Crippen molar-refractivity contribution in [1.29, 1.82) is 0 Å². The van der Waals surface area contributed by atoms with Gasteiger partial charge in [0.1, 0.15) is 0 Å². The molecular weight excluding hydrogens is 540 g/mol. The Balaban J connectivity index is 1.42. The van der Waals surface area contributed by atoms with Crippen molar-refractivity contribution in [3.8, 4) is 22.8 Å². The van der Waals surface area contributed by atoms with E-state index in [0.717, 1.165) is 39.2 Å². The molecule has 0 saturated heterocycles. The molecule has 0 aliphatic carbocycles. The van der Waals surface area contributed by atoms with Crippen LogP contribution < -0.4 is 5.43 Å². The Hall–Kier alpha value is -5.81. The van der Waals surface area contributed by atoms with E-state index in [1.165, 1.54) is 0 Å². The summed E-state index contributed by atoms with van der Waals surface area (Å²) >= 11 is 0. The van der Waals surface area contributed by atoms with E-state index in [-0.39, 0.29) is 5.43 Å². The van der Waals surface area contributed by atoms with Crippen LogP contribution in [0.1, 0.15) is 27.8 Å². The minimum Gasteiger partial charge on any atom is -0.287 e. The van der Waals surface area contributed by atoms with Crippen LogP contribution in [0, 0.1) is 6.92 Å². The van der Waals surface area contributed by atoms with Crippen molar-refractivity contribution >= 4 is 0 Å². The lowest BCUT2D eigenvalue weighted by Crippen LogP contribution is -2.31. The van der Waals surface area contributed by atoms with E-state index in [1.807, 2.05) is 61.5 Å². The van der Waals surface area contributed by atoms with E-state index in [9.17, 15) is 4.79 Å². The lowest BCUT2D eigenvalue weighted by molar-refractivity contribution is 0.740. The number of benzene rings is 5. The Morgan fingerprint density at radius 2 is 1.14 bits per heavy atom. The van der Waals surface area contributed by atoms with E-state index >= 15 is 0 Å². The number of rotatable bonds is 7. The van der Waals surface area contributed by atoms with E-state index in [0.29, 0.717) is 11.4 Å². The molecule has 5 aromatic carbocycles. The van der Waals surface area contributed by atoms with E-state index in [1.54, 1.807) is 27.8 Å². The maximum atomic E-state index is 13.2. The molecule has 2 heterocycles. The first-order valence-electron chi connectivity index (χ1n) is 14.6. The lowest BCUT2D eigenvalue weighted by atomic mass is 9.65. The molecule has 0 aliphatic rings. The van der Waals surface area contributed by atoms with Crippen LogP contribution in [0.5, 0.6) is 0 Å². The van der Waals surface area contributed by atoms with Gasteiger partial charge in [0.05, 0.1) is 28.7 Å². The minimum absolute atomic E-state index is 0.168. The molecule has 5 heteroatoms. The van der Waals surface area contributed by atoms with Crippen LogP contribution in [0.25, 0.3) is 22.8 Å². The second-order valence-electron chi connectivity index (χ2n) is 10.8. The summed E-state index contributed by atoms with van der Waals surface area (Å²) in [7, 11) is 0. The van der Waals surface area contributed by atoms with Crippen molar-refractivity contribution in [1.82, 2.24) is 19.6 Å². The van der Waals surface area contributed by atoms with Crippen molar-refractivity contribution in [2.45, 2.75) is 12.3 Å². The van der Waals surface area contributed by atoms with Crippen LogP contribution in [0.4, 0.5) is 0 Å². The fraction of sp³-hybridized carbons (Fsp3) is 0.0513. The van der Waals surface area contributed by atoms with Crippen LogP contribution in [-0.4, -0.2) is 19.6 Å². The van der Waals surface area contributed by atoms with Crippen molar-refractivity contribution in [2.75, 3.05) is 0 Å². The number of aromatic nitrogens is 4. The van der Waals surface area contributed by atoms with Gasteiger partial charge >= 0.3 is 0 Å². The van der Waals surface area contributed by atoms with Crippen LogP contribution in [0.15, 0.2) is 169 Å². The highest BCUT2D eigenvalue weighted by Crippen LogP contribution is 2.45. The van der Waals surface area contributed by atoms with Gasteiger partial charge < -0.3 is 0 Å². The first kappa shape index (κ1) is 27.0. The molecule has 44 heavy (non-hydrogen) atoms. The second kappa shape index (κ2) is 11.5. The van der Waals surface area contributed by atoms with Gasteiger partial charge in [-0.05, 0) is 65.1 Å². The molecular formula is C39H30N4O. The quantitative estimate of drug-likeness (QED) is 0.184. The van der Waals surface area contributed by atoms with Crippen molar-refractivity contribution in [3.05, 3.63) is 202 Å². The first-order valence-corrected chi connectivity index (χ1v) is 14.6. The summed E-state index contributed by atoms with van der Waals surface area (Å²) in [5, 5.41) is 9.40. The molecule has 0 spiro atoms. The molecule has 2 aromatic heterocycles. The molecule has 7 rings (SSSR count). The van der Waals surface area contributed by atoms with Crippen molar-refractivity contribution in [3.63, 3.8) is 0 Å². The van der Waals surface area contributed by atoms with Crippen LogP contribution in [0.3, 0.4) is 0 Å². The topological polar surface area (TPSA) is 52.7 Å². The second-order valence-corrected chi connectivity index (χ2v) is 10.8. The van der Waals surface area contributed by atoms with Gasteiger partial charge in [0.2, 0.25) is 5.43 Å². The molecule has 212 valence electrons. The fourth-order valence-corrected chi connectivity index (χ4v) is 6.12. The SMILES string of the molecule is Cc1cccc(-n2nccc2-c2nn(-c3cccc(C(c4ccccc4)(c4ccccc4)c4ccccc4)c3)ccc2=O)c1. The minimum atomic E-state index is -0.592. The van der Waals surface area contributed by atoms with Gasteiger partial charge in [0.25, 0.3) is 0 Å². The van der Waals surface area contributed by atoms with Gasteiger partial charge in [0, 0.05) is 12.3 Å². The standard InChI is InChI=1S/C39H30N4O/c1-29-13-11-22-35(27-29)43-36(23-25-40-43)38-37(44)24-26-42(41-38)34-21-12-20-33(28-34)39(30-14-5-2-6-15-30,31-16-7-3-8-17-31)32-18-9-4-10-19-32/h2-28H,1H3. The zero-order valence-electron chi connectivity index (χ0n) is 24.3. The number of aryl methyl sites for hydroxylation is 1. The van der Waals surface area contributed by atoms with Crippen LogP contribution in [-0.2, 0) is 5.41 Å². The maximum absolute atomic E-state index is 13.2. The van der Waals surface area contributed by atoms with Crippen LogP contribution >= 0.6 is 0 Å². The van der Waals surface area contributed by atoms with Gasteiger partial charge in [-0.1, -0.05) is 115 Å². The predicted octanol–water partition coefficient (Wildman–Crippen LogP) is 7.78. The summed E-state index contributed by atoms with van der Waals surface area (Å²) in [6, 6.07) is 51.7. The Morgan fingerprint density at radius 1 is 0.568 bits per heavy atom. The molecule has 5 nitrogen and oxygen atoms in total. The summed E-state index contributed by atoms with van der Waals surface area (Å²) in [6.07, 6.45) is 3.43. The number of nitrogens with zero attached hydrogens (tertiary/aromatic N) is 4. The largest absolute Gasteiger partial charge is 0.287 e. The Labute approximate surface area is 256 Å². The highest BCUT2D eigenvalue weighted by atomic mass is 16.1. The average molecular weight is 571 g/mol. The van der Waals surface area contributed by atoms with E-state index in [2.05, 4.69) is 96.1 Å². The Kier molecular flexibility index (Phi) is 7.05. The van der Waals surface area contributed by atoms with Gasteiger partial charge in [-0.2, -0.15) is 10.2 Å². The lowest BCUT2D eigenvalue weighted by Gasteiger charge is -2.37. The molecule has 0 atom stereocenters. The molecule has 0 fully saturated rings. The van der Waals surface area contributed by atoms with Gasteiger partial charge in [0.15, 0.2) is 5.69 Å². The zero-order valence-corrected chi connectivity index (χ0v) is 24.3. The normalized spacial score (nSPS) is 11.4.